The van der Waals surface area contributed by atoms with Gasteiger partial charge in [-0.25, -0.2) is 4.99 Å². The van der Waals surface area contributed by atoms with Gasteiger partial charge in [-0.1, -0.05) is 35.5 Å². The van der Waals surface area contributed by atoms with Crippen LogP contribution in [0.2, 0.25) is 5.02 Å². The Kier molecular flexibility index (Phi) is 5.00. The number of benzene rings is 1. The van der Waals surface area contributed by atoms with E-state index in [1.165, 1.54) is 11.8 Å². The van der Waals surface area contributed by atoms with Crippen LogP contribution in [0.1, 0.15) is 11.1 Å². The Bertz CT molecular complexity index is 1010. The van der Waals surface area contributed by atoms with Gasteiger partial charge in [0.05, 0.1) is 37.4 Å². The van der Waals surface area contributed by atoms with Crippen molar-refractivity contribution in [1.82, 2.24) is 24.5 Å². The highest BCUT2D eigenvalue weighted by atomic mass is 35.5. The van der Waals surface area contributed by atoms with Crippen molar-refractivity contribution in [2.24, 2.45) is 12.0 Å². The molecule has 138 valence electrons. The first kappa shape index (κ1) is 17.8. The molecule has 1 saturated heterocycles. The first-order valence-electron chi connectivity index (χ1n) is 8.33. The predicted octanol–water partition coefficient (Wildman–Crippen LogP) is 3.08. The normalized spacial score (nSPS) is 15.9. The third kappa shape index (κ3) is 4.23. The molecule has 1 amide bonds. The topological polar surface area (TPSA) is 68.3 Å². The summed E-state index contributed by atoms with van der Waals surface area (Å²) in [6.45, 7) is 1.08. The molecule has 4 rings (SSSR count). The Morgan fingerprint density at radius 1 is 1.19 bits per heavy atom. The van der Waals surface area contributed by atoms with Crippen LogP contribution in [0.5, 0.6) is 0 Å². The molecule has 3 heterocycles. The van der Waals surface area contributed by atoms with E-state index in [1.807, 2.05) is 43.7 Å². The molecule has 2 aromatic heterocycles. The van der Waals surface area contributed by atoms with Crippen molar-refractivity contribution in [3.8, 4) is 0 Å². The number of amidine groups is 1. The van der Waals surface area contributed by atoms with Gasteiger partial charge in [0, 0.05) is 23.8 Å². The van der Waals surface area contributed by atoms with Gasteiger partial charge < -0.3 is 0 Å². The highest BCUT2D eigenvalue weighted by Crippen LogP contribution is 2.25. The maximum atomic E-state index is 12.2. The maximum absolute atomic E-state index is 12.2. The molecule has 1 aliphatic rings. The summed E-state index contributed by atoms with van der Waals surface area (Å²) >= 11 is 7.47. The number of carbonyl (C=O) groups excluding carboxylic acids is 1. The number of halogens is 1. The molecule has 0 N–H and O–H groups in total. The molecular weight excluding hydrogens is 384 g/mol. The van der Waals surface area contributed by atoms with Gasteiger partial charge in [-0.3, -0.25) is 19.1 Å². The number of hydrogen-bond acceptors (Lipinski definition) is 5. The summed E-state index contributed by atoms with van der Waals surface area (Å²) in [7, 11) is 1.85. The summed E-state index contributed by atoms with van der Waals surface area (Å²) < 4.78 is 3.53. The summed E-state index contributed by atoms with van der Waals surface area (Å²) in [5.74, 6) is 0.448. The quantitative estimate of drug-likeness (QED) is 0.660. The molecular formula is C18H17ClN6OS. The number of aryl methyl sites for hydroxylation is 1. The van der Waals surface area contributed by atoms with E-state index in [4.69, 9.17) is 11.6 Å². The van der Waals surface area contributed by atoms with E-state index in [1.54, 1.807) is 26.7 Å². The van der Waals surface area contributed by atoms with Gasteiger partial charge >= 0.3 is 0 Å². The molecule has 0 aliphatic carbocycles. The van der Waals surface area contributed by atoms with Crippen LogP contribution < -0.4 is 0 Å². The van der Waals surface area contributed by atoms with Crippen molar-refractivity contribution in [2.75, 3.05) is 5.75 Å². The van der Waals surface area contributed by atoms with E-state index < -0.39 is 0 Å². The average Bonchev–Trinajstić information content (AvgIpc) is 3.33. The number of aliphatic imine (C=N–C) groups is 1. The van der Waals surface area contributed by atoms with Crippen LogP contribution in [0.15, 0.2) is 54.0 Å². The molecule has 0 unspecified atom stereocenters. The minimum Gasteiger partial charge on any atom is -0.286 e. The molecule has 1 aromatic carbocycles. The summed E-state index contributed by atoms with van der Waals surface area (Å²) in [6, 6.07) is 7.67. The fraction of sp³-hybridized carbons (Fsp3) is 0.222. The number of rotatable bonds is 5. The molecule has 0 bridgehead atoms. The zero-order chi connectivity index (χ0) is 18.8. The Morgan fingerprint density at radius 2 is 2.07 bits per heavy atom. The Morgan fingerprint density at radius 3 is 2.85 bits per heavy atom. The number of amides is 1. The van der Waals surface area contributed by atoms with Gasteiger partial charge in [0.15, 0.2) is 5.17 Å². The van der Waals surface area contributed by atoms with E-state index >= 15 is 0 Å². The minimum atomic E-state index is 0.0499. The molecule has 0 radical (unpaired) electrons. The number of thioether (sulfide) groups is 1. The lowest BCUT2D eigenvalue weighted by Gasteiger charge is -2.14. The second-order valence-electron chi connectivity index (χ2n) is 6.21. The average molecular weight is 401 g/mol. The van der Waals surface area contributed by atoms with Gasteiger partial charge in [-0.2, -0.15) is 10.2 Å². The third-order valence-electron chi connectivity index (χ3n) is 4.03. The first-order valence-corrected chi connectivity index (χ1v) is 9.69. The van der Waals surface area contributed by atoms with Gasteiger partial charge in [-0.05, 0) is 17.7 Å². The standard InChI is InChI=1S/C18H17ClN6OS/c1-23-8-14(6-20-23)10-25-17(26)12-27-18(25)22-16-7-21-24(11-16)9-13-3-2-4-15(19)5-13/h2-8,11H,9-10,12H2,1H3. The molecule has 7 nitrogen and oxygen atoms in total. The van der Waals surface area contributed by atoms with Crippen LogP contribution in [0.25, 0.3) is 0 Å². The molecule has 9 heteroatoms. The highest BCUT2D eigenvalue weighted by molar-refractivity contribution is 8.15. The van der Waals surface area contributed by atoms with Crippen molar-refractivity contribution in [3.63, 3.8) is 0 Å². The fourth-order valence-electron chi connectivity index (χ4n) is 2.80. The number of hydrogen-bond donors (Lipinski definition) is 0. The van der Waals surface area contributed by atoms with E-state index in [-0.39, 0.29) is 5.91 Å². The molecule has 1 fully saturated rings. The monoisotopic (exact) mass is 400 g/mol. The van der Waals surface area contributed by atoms with Gasteiger partial charge in [0.2, 0.25) is 5.91 Å². The summed E-state index contributed by atoms with van der Waals surface area (Å²) in [6.07, 6.45) is 7.22. The molecule has 3 aromatic rings. The molecule has 0 spiro atoms. The van der Waals surface area contributed by atoms with E-state index in [0.717, 1.165) is 11.1 Å². The lowest BCUT2D eigenvalue weighted by atomic mass is 10.2. The first-order chi connectivity index (χ1) is 13.1. The summed E-state index contributed by atoms with van der Waals surface area (Å²) in [5, 5.41) is 9.89. The fourth-order valence-corrected chi connectivity index (χ4v) is 3.92. The second kappa shape index (κ2) is 7.58. The van der Waals surface area contributed by atoms with Crippen molar-refractivity contribution in [3.05, 3.63) is 65.2 Å². The van der Waals surface area contributed by atoms with Gasteiger partial charge in [-0.15, -0.1) is 0 Å². The largest absolute Gasteiger partial charge is 0.286 e. The molecule has 27 heavy (non-hydrogen) atoms. The number of carbonyl (C=O) groups is 1. The van der Waals surface area contributed by atoms with E-state index in [2.05, 4.69) is 15.2 Å². The lowest BCUT2D eigenvalue weighted by molar-refractivity contribution is -0.124. The van der Waals surface area contributed by atoms with Crippen LogP contribution in [-0.2, 0) is 24.9 Å². The molecule has 1 aliphatic heterocycles. The van der Waals surface area contributed by atoms with Crippen LogP contribution in [0.4, 0.5) is 5.69 Å². The Labute approximate surface area is 165 Å². The predicted molar refractivity (Wildman–Crippen MR) is 106 cm³/mol. The Balaban J connectivity index is 1.50. The van der Waals surface area contributed by atoms with Crippen LogP contribution in [0, 0.1) is 0 Å². The second-order valence-corrected chi connectivity index (χ2v) is 7.59. The number of nitrogens with zero attached hydrogens (tertiary/aromatic N) is 6. The maximum Gasteiger partial charge on any atom is 0.239 e. The lowest BCUT2D eigenvalue weighted by Crippen LogP contribution is -2.28. The van der Waals surface area contributed by atoms with E-state index in [0.29, 0.717) is 34.7 Å². The van der Waals surface area contributed by atoms with Crippen molar-refractivity contribution < 1.29 is 4.79 Å². The van der Waals surface area contributed by atoms with Crippen molar-refractivity contribution in [1.29, 1.82) is 0 Å². The van der Waals surface area contributed by atoms with Gasteiger partial charge in [0.25, 0.3) is 0 Å². The van der Waals surface area contributed by atoms with Crippen molar-refractivity contribution in [2.45, 2.75) is 13.1 Å². The molecule has 0 atom stereocenters. The summed E-state index contributed by atoms with van der Waals surface area (Å²) in [5.41, 5.74) is 2.75. The zero-order valence-electron chi connectivity index (χ0n) is 14.6. The van der Waals surface area contributed by atoms with Gasteiger partial charge in [0.1, 0.15) is 5.69 Å². The minimum absolute atomic E-state index is 0.0499. The zero-order valence-corrected chi connectivity index (χ0v) is 16.2. The van der Waals surface area contributed by atoms with Crippen LogP contribution in [-0.4, -0.2) is 41.3 Å². The van der Waals surface area contributed by atoms with Crippen LogP contribution >= 0.6 is 23.4 Å². The smallest absolute Gasteiger partial charge is 0.239 e. The van der Waals surface area contributed by atoms with Crippen LogP contribution in [0.3, 0.4) is 0 Å². The van der Waals surface area contributed by atoms with Crippen molar-refractivity contribution >= 4 is 40.1 Å². The Hall–Kier alpha value is -2.58. The SMILES string of the molecule is Cn1cc(CN2C(=O)CSC2=Nc2cnn(Cc3cccc(Cl)c3)c2)cn1. The third-order valence-corrected chi connectivity index (χ3v) is 5.23. The number of aromatic nitrogens is 4. The summed E-state index contributed by atoms with van der Waals surface area (Å²) in [4.78, 5) is 18.5. The molecule has 0 saturated carbocycles. The highest BCUT2D eigenvalue weighted by Gasteiger charge is 2.28. The van der Waals surface area contributed by atoms with E-state index in [9.17, 15) is 4.79 Å².